The second-order valence-corrected chi connectivity index (χ2v) is 8.29. The van der Waals surface area contributed by atoms with Crippen LogP contribution in [0.4, 0.5) is 11.4 Å². The number of rotatable bonds is 6. The molecule has 3 aromatic carbocycles. The van der Waals surface area contributed by atoms with Crippen molar-refractivity contribution in [3.8, 4) is 5.75 Å². The third kappa shape index (κ3) is 4.75. The Kier molecular flexibility index (Phi) is 5.89. The molecular formula is C22H22N2O4S. The zero-order valence-corrected chi connectivity index (χ0v) is 17.2. The van der Waals surface area contributed by atoms with E-state index in [1.165, 1.54) is 25.3 Å². The molecule has 0 atom stereocenters. The van der Waals surface area contributed by atoms with Crippen molar-refractivity contribution in [2.24, 2.45) is 0 Å². The van der Waals surface area contributed by atoms with E-state index in [4.69, 9.17) is 4.74 Å². The first kappa shape index (κ1) is 20.4. The summed E-state index contributed by atoms with van der Waals surface area (Å²) >= 11 is 0. The van der Waals surface area contributed by atoms with Crippen LogP contribution in [0.5, 0.6) is 5.75 Å². The quantitative estimate of drug-likeness (QED) is 0.632. The monoisotopic (exact) mass is 410 g/mol. The highest BCUT2D eigenvalue weighted by Crippen LogP contribution is 2.29. The van der Waals surface area contributed by atoms with Gasteiger partial charge in [-0.05, 0) is 49.7 Å². The smallest absolute Gasteiger partial charge is 0.262 e. The van der Waals surface area contributed by atoms with Crippen molar-refractivity contribution >= 4 is 27.3 Å². The highest BCUT2D eigenvalue weighted by Gasteiger charge is 2.18. The number of aryl methyl sites for hydroxylation is 2. The molecule has 0 bridgehead atoms. The summed E-state index contributed by atoms with van der Waals surface area (Å²) in [5.41, 5.74) is 3.24. The molecule has 0 saturated carbocycles. The number of anilines is 2. The van der Waals surface area contributed by atoms with E-state index in [2.05, 4.69) is 10.0 Å². The summed E-state index contributed by atoms with van der Waals surface area (Å²) in [5, 5.41) is 2.76. The Morgan fingerprint density at radius 3 is 2.24 bits per heavy atom. The average molecular weight is 410 g/mol. The van der Waals surface area contributed by atoms with Crippen LogP contribution in [0.25, 0.3) is 0 Å². The second kappa shape index (κ2) is 8.36. The van der Waals surface area contributed by atoms with Gasteiger partial charge < -0.3 is 10.1 Å². The molecule has 1 amide bonds. The molecule has 2 N–H and O–H groups in total. The number of sulfonamides is 1. The summed E-state index contributed by atoms with van der Waals surface area (Å²) < 4.78 is 33.4. The Labute approximate surface area is 170 Å². The van der Waals surface area contributed by atoms with Crippen LogP contribution < -0.4 is 14.8 Å². The molecule has 0 spiro atoms. The van der Waals surface area contributed by atoms with E-state index < -0.39 is 10.0 Å². The standard InChI is InChI=1S/C22H22N2O4S/c1-15-8-10-17(11-9-15)22(25)23-20-13-12-18(14-21(20)28-3)29(26,27)24-19-7-5-4-6-16(19)2/h4-14,24H,1-3H3,(H,23,25). The minimum Gasteiger partial charge on any atom is -0.495 e. The van der Waals surface area contributed by atoms with E-state index in [0.29, 0.717) is 16.9 Å². The van der Waals surface area contributed by atoms with Gasteiger partial charge >= 0.3 is 0 Å². The van der Waals surface area contributed by atoms with Gasteiger partial charge in [-0.15, -0.1) is 0 Å². The first-order valence-corrected chi connectivity index (χ1v) is 10.4. The molecule has 29 heavy (non-hydrogen) atoms. The van der Waals surface area contributed by atoms with Crippen molar-refractivity contribution in [3.05, 3.63) is 83.4 Å². The van der Waals surface area contributed by atoms with Gasteiger partial charge in [-0.2, -0.15) is 0 Å². The molecule has 150 valence electrons. The molecule has 0 aromatic heterocycles. The van der Waals surface area contributed by atoms with Crippen LogP contribution in [0.1, 0.15) is 21.5 Å². The lowest BCUT2D eigenvalue weighted by Crippen LogP contribution is -2.15. The zero-order valence-electron chi connectivity index (χ0n) is 16.4. The Bertz CT molecular complexity index is 1140. The topological polar surface area (TPSA) is 84.5 Å². The van der Waals surface area contributed by atoms with Crippen LogP contribution in [0.15, 0.2) is 71.6 Å². The molecule has 0 unspecified atom stereocenters. The number of carbonyl (C=O) groups excluding carboxylic acids is 1. The van der Waals surface area contributed by atoms with Crippen molar-refractivity contribution in [2.45, 2.75) is 18.7 Å². The maximum atomic E-state index is 12.8. The zero-order chi connectivity index (χ0) is 21.0. The van der Waals surface area contributed by atoms with Gasteiger partial charge in [0.15, 0.2) is 0 Å². The summed E-state index contributed by atoms with van der Waals surface area (Å²) in [6.07, 6.45) is 0. The predicted octanol–water partition coefficient (Wildman–Crippen LogP) is 4.37. The van der Waals surface area contributed by atoms with Gasteiger partial charge in [0.2, 0.25) is 0 Å². The molecule has 6 nitrogen and oxygen atoms in total. The third-order valence-electron chi connectivity index (χ3n) is 4.43. The van der Waals surface area contributed by atoms with E-state index in [1.807, 2.05) is 38.1 Å². The van der Waals surface area contributed by atoms with E-state index >= 15 is 0 Å². The number of para-hydroxylation sites is 1. The molecule has 0 fully saturated rings. The SMILES string of the molecule is COc1cc(S(=O)(=O)Nc2ccccc2C)ccc1NC(=O)c1ccc(C)cc1. The fourth-order valence-electron chi connectivity index (χ4n) is 2.73. The molecule has 0 radical (unpaired) electrons. The van der Waals surface area contributed by atoms with Gasteiger partial charge in [0.25, 0.3) is 15.9 Å². The summed E-state index contributed by atoms with van der Waals surface area (Å²) in [4.78, 5) is 12.5. The number of methoxy groups -OCH3 is 1. The van der Waals surface area contributed by atoms with Crippen molar-refractivity contribution in [1.82, 2.24) is 0 Å². The number of hydrogen-bond acceptors (Lipinski definition) is 4. The molecule has 3 aromatic rings. The molecule has 3 rings (SSSR count). The van der Waals surface area contributed by atoms with E-state index in [0.717, 1.165) is 11.1 Å². The average Bonchev–Trinajstić information content (AvgIpc) is 2.70. The first-order chi connectivity index (χ1) is 13.8. The van der Waals surface area contributed by atoms with Crippen LogP contribution in [-0.4, -0.2) is 21.4 Å². The summed E-state index contributed by atoms with van der Waals surface area (Å²) in [7, 11) is -2.39. The van der Waals surface area contributed by atoms with Gasteiger partial charge in [-0.1, -0.05) is 35.9 Å². The Hall–Kier alpha value is -3.32. The first-order valence-electron chi connectivity index (χ1n) is 8.94. The Morgan fingerprint density at radius 2 is 1.59 bits per heavy atom. The molecule has 0 aliphatic rings. The van der Waals surface area contributed by atoms with Gasteiger partial charge in [0.1, 0.15) is 5.75 Å². The van der Waals surface area contributed by atoms with Gasteiger partial charge in [0, 0.05) is 11.6 Å². The van der Waals surface area contributed by atoms with Crippen molar-refractivity contribution in [2.75, 3.05) is 17.1 Å². The Balaban J connectivity index is 1.85. The van der Waals surface area contributed by atoms with Crippen molar-refractivity contribution in [1.29, 1.82) is 0 Å². The van der Waals surface area contributed by atoms with Crippen LogP contribution in [0, 0.1) is 13.8 Å². The van der Waals surface area contributed by atoms with Crippen LogP contribution in [0.3, 0.4) is 0 Å². The molecule has 0 saturated heterocycles. The lowest BCUT2D eigenvalue weighted by Gasteiger charge is -2.14. The van der Waals surface area contributed by atoms with E-state index in [1.54, 1.807) is 24.3 Å². The fourth-order valence-corrected chi connectivity index (χ4v) is 3.88. The largest absolute Gasteiger partial charge is 0.495 e. The minimum absolute atomic E-state index is 0.0333. The summed E-state index contributed by atoms with van der Waals surface area (Å²) in [6.45, 7) is 3.76. The number of benzene rings is 3. The molecule has 7 heteroatoms. The summed E-state index contributed by atoms with van der Waals surface area (Å²) in [6, 6.07) is 18.6. The third-order valence-corrected chi connectivity index (χ3v) is 5.80. The highest BCUT2D eigenvalue weighted by molar-refractivity contribution is 7.92. The van der Waals surface area contributed by atoms with Crippen LogP contribution >= 0.6 is 0 Å². The molecular weight excluding hydrogens is 388 g/mol. The number of amides is 1. The lowest BCUT2D eigenvalue weighted by atomic mass is 10.1. The Morgan fingerprint density at radius 1 is 0.897 bits per heavy atom. The summed E-state index contributed by atoms with van der Waals surface area (Å²) in [5.74, 6) is -0.0601. The van der Waals surface area contributed by atoms with Crippen LogP contribution in [-0.2, 0) is 10.0 Å². The van der Waals surface area contributed by atoms with E-state index in [-0.39, 0.29) is 16.6 Å². The van der Waals surface area contributed by atoms with Gasteiger partial charge in [0.05, 0.1) is 23.4 Å². The molecule has 0 heterocycles. The number of ether oxygens (including phenoxy) is 1. The number of hydrogen-bond donors (Lipinski definition) is 2. The molecule has 0 aliphatic carbocycles. The lowest BCUT2D eigenvalue weighted by molar-refractivity contribution is 0.102. The predicted molar refractivity (Wildman–Crippen MR) is 114 cm³/mol. The van der Waals surface area contributed by atoms with Gasteiger partial charge in [-0.25, -0.2) is 8.42 Å². The maximum absolute atomic E-state index is 12.8. The van der Waals surface area contributed by atoms with E-state index in [9.17, 15) is 13.2 Å². The van der Waals surface area contributed by atoms with Gasteiger partial charge in [-0.3, -0.25) is 9.52 Å². The van der Waals surface area contributed by atoms with Crippen LogP contribution in [0.2, 0.25) is 0 Å². The fraction of sp³-hybridized carbons (Fsp3) is 0.136. The number of nitrogens with one attached hydrogen (secondary N) is 2. The van der Waals surface area contributed by atoms with Crippen molar-refractivity contribution in [3.63, 3.8) is 0 Å². The van der Waals surface area contributed by atoms with Crippen molar-refractivity contribution < 1.29 is 17.9 Å². The molecule has 0 aliphatic heterocycles. The number of carbonyl (C=O) groups is 1. The minimum atomic E-state index is -3.81. The highest BCUT2D eigenvalue weighted by atomic mass is 32.2. The normalized spacial score (nSPS) is 11.0. The maximum Gasteiger partial charge on any atom is 0.262 e. The second-order valence-electron chi connectivity index (χ2n) is 6.60.